The number of nitrogens with zero attached hydrogens (tertiary/aromatic N) is 2. The Labute approximate surface area is 161 Å². The maximum Gasteiger partial charge on any atom is 0.243 e. The zero-order chi connectivity index (χ0) is 19.4. The second-order valence-electron chi connectivity index (χ2n) is 7.26. The first kappa shape index (κ1) is 20.1. The molecule has 0 spiro atoms. The summed E-state index contributed by atoms with van der Waals surface area (Å²) in [6, 6.07) is 6.51. The molecule has 2 saturated heterocycles. The predicted octanol–water partition coefficient (Wildman–Crippen LogP) is 1.29. The fraction of sp³-hybridized carbons (Fsp3) is 0.632. The molecule has 2 fully saturated rings. The van der Waals surface area contributed by atoms with Gasteiger partial charge in [0.15, 0.2) is 0 Å². The van der Waals surface area contributed by atoms with E-state index >= 15 is 0 Å². The third-order valence-electron chi connectivity index (χ3n) is 5.51. The summed E-state index contributed by atoms with van der Waals surface area (Å²) in [5.74, 6) is 1.12. The van der Waals surface area contributed by atoms with Crippen molar-refractivity contribution in [1.82, 2.24) is 9.21 Å². The van der Waals surface area contributed by atoms with E-state index in [0.717, 1.165) is 19.5 Å². The van der Waals surface area contributed by atoms with Crippen LogP contribution in [0.4, 0.5) is 0 Å². The average molecular weight is 396 g/mol. The van der Waals surface area contributed by atoms with Crippen LogP contribution in [0.25, 0.3) is 0 Å². The number of hydrogen-bond donors (Lipinski definition) is 1. The Hall–Kier alpha value is -1.64. The number of carbonyl (C=O) groups is 1. The van der Waals surface area contributed by atoms with Crippen LogP contribution in [0.2, 0.25) is 0 Å². The number of piperidine rings is 1. The molecule has 2 aliphatic heterocycles. The third kappa shape index (κ3) is 4.44. The van der Waals surface area contributed by atoms with Crippen molar-refractivity contribution < 1.29 is 17.9 Å². The topological polar surface area (TPSA) is 92.9 Å². The van der Waals surface area contributed by atoms with Gasteiger partial charge in [0.2, 0.25) is 15.9 Å². The molecule has 8 heteroatoms. The van der Waals surface area contributed by atoms with Gasteiger partial charge in [0.05, 0.1) is 11.5 Å². The van der Waals surface area contributed by atoms with E-state index in [-0.39, 0.29) is 16.7 Å². The van der Waals surface area contributed by atoms with Crippen molar-refractivity contribution in [3.63, 3.8) is 0 Å². The normalized spacial score (nSPS) is 22.1. The first-order valence-corrected chi connectivity index (χ1v) is 11.1. The smallest absolute Gasteiger partial charge is 0.243 e. The molecule has 1 atom stereocenters. The van der Waals surface area contributed by atoms with Crippen molar-refractivity contribution in [2.24, 2.45) is 17.6 Å². The molecule has 2 N–H and O–H groups in total. The van der Waals surface area contributed by atoms with Gasteiger partial charge in [-0.2, -0.15) is 4.31 Å². The molecule has 27 heavy (non-hydrogen) atoms. The predicted molar refractivity (Wildman–Crippen MR) is 103 cm³/mol. The highest BCUT2D eigenvalue weighted by atomic mass is 32.2. The minimum absolute atomic E-state index is 0.0895. The number of rotatable bonds is 6. The molecule has 0 saturated carbocycles. The Bertz CT molecular complexity index is 743. The molecule has 0 aromatic heterocycles. The highest BCUT2D eigenvalue weighted by molar-refractivity contribution is 7.89. The zero-order valence-electron chi connectivity index (χ0n) is 15.8. The van der Waals surface area contributed by atoms with E-state index in [2.05, 4.69) is 0 Å². The van der Waals surface area contributed by atoms with Gasteiger partial charge in [0, 0.05) is 32.1 Å². The van der Waals surface area contributed by atoms with E-state index < -0.39 is 10.0 Å². The summed E-state index contributed by atoms with van der Waals surface area (Å²) < 4.78 is 32.5. The number of carbonyl (C=O) groups excluding carboxylic acids is 1. The van der Waals surface area contributed by atoms with Gasteiger partial charge in [0.1, 0.15) is 5.75 Å². The summed E-state index contributed by atoms with van der Waals surface area (Å²) in [6.07, 6.45) is 2.10. The van der Waals surface area contributed by atoms with Crippen molar-refractivity contribution in [2.75, 3.05) is 39.3 Å². The highest BCUT2D eigenvalue weighted by Gasteiger charge is 2.35. The number of hydrogen-bond acceptors (Lipinski definition) is 5. The molecule has 1 amide bonds. The Morgan fingerprint density at radius 3 is 2.37 bits per heavy atom. The SMILES string of the molecule is CCOc1ccc(S(=O)(=O)N2CCC(C(=O)N3CCC(CN)C3)CC2)cc1. The summed E-state index contributed by atoms with van der Waals surface area (Å²) >= 11 is 0. The van der Waals surface area contributed by atoms with Gasteiger partial charge >= 0.3 is 0 Å². The van der Waals surface area contributed by atoms with Gasteiger partial charge < -0.3 is 15.4 Å². The van der Waals surface area contributed by atoms with Gasteiger partial charge in [-0.15, -0.1) is 0 Å². The number of likely N-dealkylation sites (tertiary alicyclic amines) is 1. The van der Waals surface area contributed by atoms with Crippen LogP contribution in [0.1, 0.15) is 26.2 Å². The number of benzene rings is 1. The summed E-state index contributed by atoms with van der Waals surface area (Å²) in [5, 5.41) is 0. The van der Waals surface area contributed by atoms with Crippen LogP contribution < -0.4 is 10.5 Å². The second-order valence-corrected chi connectivity index (χ2v) is 9.20. The van der Waals surface area contributed by atoms with Crippen LogP contribution in [0, 0.1) is 11.8 Å². The lowest BCUT2D eigenvalue weighted by molar-refractivity contribution is -0.135. The molecule has 2 aliphatic rings. The van der Waals surface area contributed by atoms with Crippen molar-refractivity contribution in [2.45, 2.75) is 31.1 Å². The fourth-order valence-corrected chi connectivity index (χ4v) is 5.32. The summed E-state index contributed by atoms with van der Waals surface area (Å²) in [7, 11) is -3.54. The molecule has 0 bridgehead atoms. The number of sulfonamides is 1. The number of nitrogens with two attached hydrogens (primary N) is 1. The molecule has 1 unspecified atom stereocenters. The minimum atomic E-state index is -3.54. The van der Waals surface area contributed by atoms with Crippen LogP contribution >= 0.6 is 0 Å². The largest absolute Gasteiger partial charge is 0.494 e. The molecular weight excluding hydrogens is 366 g/mol. The monoisotopic (exact) mass is 395 g/mol. The van der Waals surface area contributed by atoms with Crippen LogP contribution in [0.15, 0.2) is 29.2 Å². The molecule has 1 aromatic rings. The molecular formula is C19H29N3O4S. The third-order valence-corrected chi connectivity index (χ3v) is 7.42. The Morgan fingerprint density at radius 2 is 1.81 bits per heavy atom. The van der Waals surface area contributed by atoms with Crippen LogP contribution in [0.5, 0.6) is 5.75 Å². The molecule has 7 nitrogen and oxygen atoms in total. The van der Waals surface area contributed by atoms with Gasteiger partial charge in [0.25, 0.3) is 0 Å². The summed E-state index contributed by atoms with van der Waals surface area (Å²) in [6.45, 7) is 5.29. The van der Waals surface area contributed by atoms with E-state index in [1.54, 1.807) is 24.3 Å². The number of ether oxygens (including phenoxy) is 1. The first-order chi connectivity index (χ1) is 13.0. The van der Waals surface area contributed by atoms with Crippen LogP contribution in [-0.4, -0.2) is 62.9 Å². The van der Waals surface area contributed by atoms with Gasteiger partial charge in [-0.05, 0) is 62.9 Å². The molecule has 150 valence electrons. The molecule has 3 rings (SSSR count). The van der Waals surface area contributed by atoms with Crippen molar-refractivity contribution >= 4 is 15.9 Å². The van der Waals surface area contributed by atoms with E-state index in [4.69, 9.17) is 10.5 Å². The first-order valence-electron chi connectivity index (χ1n) is 9.67. The Balaban J connectivity index is 1.58. The molecule has 2 heterocycles. The van der Waals surface area contributed by atoms with Crippen molar-refractivity contribution in [1.29, 1.82) is 0 Å². The number of amides is 1. The maximum atomic E-state index is 12.8. The lowest BCUT2D eigenvalue weighted by atomic mass is 9.96. The minimum Gasteiger partial charge on any atom is -0.494 e. The second kappa shape index (κ2) is 8.58. The lowest BCUT2D eigenvalue weighted by Gasteiger charge is -2.32. The van der Waals surface area contributed by atoms with Crippen LogP contribution in [-0.2, 0) is 14.8 Å². The van der Waals surface area contributed by atoms with Gasteiger partial charge in [-0.25, -0.2) is 8.42 Å². The van der Waals surface area contributed by atoms with E-state index in [1.165, 1.54) is 4.31 Å². The van der Waals surface area contributed by atoms with E-state index in [0.29, 0.717) is 50.8 Å². The summed E-state index contributed by atoms with van der Waals surface area (Å²) in [4.78, 5) is 14.9. The standard InChI is InChI=1S/C19H29N3O4S/c1-2-26-17-3-5-18(6-4-17)27(24,25)22-11-8-16(9-12-22)19(23)21-10-7-15(13-20)14-21/h3-6,15-16H,2,7-14,20H2,1H3. The highest BCUT2D eigenvalue weighted by Crippen LogP contribution is 2.27. The quantitative estimate of drug-likeness (QED) is 0.784. The van der Waals surface area contributed by atoms with E-state index in [1.807, 2.05) is 11.8 Å². The van der Waals surface area contributed by atoms with Crippen molar-refractivity contribution in [3.05, 3.63) is 24.3 Å². The summed E-state index contributed by atoms with van der Waals surface area (Å²) in [5.41, 5.74) is 5.70. The van der Waals surface area contributed by atoms with Gasteiger partial charge in [-0.1, -0.05) is 0 Å². The van der Waals surface area contributed by atoms with Crippen molar-refractivity contribution in [3.8, 4) is 5.75 Å². The van der Waals surface area contributed by atoms with Crippen LogP contribution in [0.3, 0.4) is 0 Å². The zero-order valence-corrected chi connectivity index (χ0v) is 16.7. The fourth-order valence-electron chi connectivity index (χ4n) is 3.85. The lowest BCUT2D eigenvalue weighted by Crippen LogP contribution is -2.44. The van der Waals surface area contributed by atoms with Gasteiger partial charge in [-0.3, -0.25) is 4.79 Å². The Morgan fingerprint density at radius 1 is 1.15 bits per heavy atom. The van der Waals surface area contributed by atoms with E-state index in [9.17, 15) is 13.2 Å². The Kier molecular flexibility index (Phi) is 6.39. The molecule has 0 radical (unpaired) electrons. The maximum absolute atomic E-state index is 12.8. The average Bonchev–Trinajstić information content (AvgIpc) is 3.17. The molecule has 0 aliphatic carbocycles. The molecule has 1 aromatic carbocycles.